The minimum absolute atomic E-state index is 0.0236. The van der Waals surface area contributed by atoms with E-state index in [0.29, 0.717) is 30.0 Å². The van der Waals surface area contributed by atoms with Crippen molar-refractivity contribution >= 4 is 17.2 Å². The highest BCUT2D eigenvalue weighted by Crippen LogP contribution is 2.48. The van der Waals surface area contributed by atoms with E-state index < -0.39 is 5.60 Å². The molecule has 0 radical (unpaired) electrons. The third kappa shape index (κ3) is 2.77. The van der Waals surface area contributed by atoms with E-state index in [4.69, 9.17) is 0 Å². The van der Waals surface area contributed by atoms with Gasteiger partial charge in [-0.3, -0.25) is 14.9 Å². The molecule has 0 aromatic carbocycles. The van der Waals surface area contributed by atoms with Crippen LogP contribution in [0.3, 0.4) is 0 Å². The van der Waals surface area contributed by atoms with Gasteiger partial charge in [0.2, 0.25) is 0 Å². The average molecular weight is 395 g/mol. The fourth-order valence-electron chi connectivity index (χ4n) is 4.84. The Labute approximate surface area is 167 Å². The molecule has 2 saturated heterocycles. The molecule has 0 saturated carbocycles. The van der Waals surface area contributed by atoms with E-state index in [0.717, 1.165) is 16.9 Å². The summed E-state index contributed by atoms with van der Waals surface area (Å²) in [6, 6.07) is 7.66. The number of hydrogen-bond donors (Lipinski definition) is 2. The molecule has 0 spiro atoms. The van der Waals surface area contributed by atoms with Crippen molar-refractivity contribution in [2.75, 3.05) is 0 Å². The number of aromatic amines is 1. The Hall–Kier alpha value is -2.51. The molecule has 144 valence electrons. The lowest BCUT2D eigenvalue weighted by molar-refractivity contribution is -0.0534. The van der Waals surface area contributed by atoms with E-state index in [1.165, 1.54) is 0 Å². The molecule has 2 N–H and O–H groups in total. The first-order valence-corrected chi connectivity index (χ1v) is 10.5. The fourth-order valence-corrected chi connectivity index (χ4v) is 5.71. The molecular weight excluding hydrogens is 372 g/mol. The lowest BCUT2D eigenvalue weighted by Crippen LogP contribution is -2.52. The first-order chi connectivity index (χ1) is 13.5. The normalized spacial score (nSPS) is 29.2. The number of pyridine rings is 1. The van der Waals surface area contributed by atoms with E-state index >= 15 is 0 Å². The van der Waals surface area contributed by atoms with Crippen molar-refractivity contribution in [3.63, 3.8) is 0 Å². The monoisotopic (exact) mass is 394 g/mol. The predicted molar refractivity (Wildman–Crippen MR) is 107 cm³/mol. The summed E-state index contributed by atoms with van der Waals surface area (Å²) in [5, 5.41) is 20.1. The molecule has 2 fully saturated rings. The number of carbonyl (C=O) groups excluding carboxylic acids is 1. The summed E-state index contributed by atoms with van der Waals surface area (Å²) < 4.78 is 0. The summed E-state index contributed by atoms with van der Waals surface area (Å²) in [7, 11) is 0. The second-order valence-electron chi connectivity index (χ2n) is 7.99. The van der Waals surface area contributed by atoms with Gasteiger partial charge in [0.15, 0.2) is 0 Å². The quantitative estimate of drug-likeness (QED) is 0.713. The van der Waals surface area contributed by atoms with Crippen LogP contribution in [-0.2, 0) is 5.60 Å². The number of thiophene rings is 1. The number of aromatic nitrogens is 3. The van der Waals surface area contributed by atoms with Crippen molar-refractivity contribution in [2.45, 2.75) is 43.9 Å². The van der Waals surface area contributed by atoms with Crippen molar-refractivity contribution in [1.29, 1.82) is 0 Å². The molecule has 7 heteroatoms. The summed E-state index contributed by atoms with van der Waals surface area (Å²) in [5.74, 6) is 0.423. The predicted octanol–water partition coefficient (Wildman–Crippen LogP) is 3.43. The molecule has 3 aromatic rings. The van der Waals surface area contributed by atoms with Gasteiger partial charge in [-0.2, -0.15) is 5.10 Å². The number of nitrogens with zero attached hydrogens (tertiary/aromatic N) is 3. The standard InChI is InChI=1S/C21H22N4O2S/c1-13-6-16-8-21(27,19-4-2-3-5-22-19)9-17(13)25(16)20(26)14-7-18(28-12-14)15-10-23-24-11-15/h2-5,7,10-13,16-17,27H,6,8-9H2,1H3,(H,23,24). The maximum atomic E-state index is 13.3. The second kappa shape index (κ2) is 6.53. The molecular formula is C21H22N4O2S. The summed E-state index contributed by atoms with van der Waals surface area (Å²) >= 11 is 1.55. The van der Waals surface area contributed by atoms with E-state index in [9.17, 15) is 9.90 Å². The van der Waals surface area contributed by atoms with Gasteiger partial charge in [0.05, 0.1) is 17.5 Å². The second-order valence-corrected chi connectivity index (χ2v) is 8.90. The molecule has 5 rings (SSSR count). The zero-order chi connectivity index (χ0) is 19.3. The van der Waals surface area contributed by atoms with Gasteiger partial charge in [0.1, 0.15) is 5.60 Å². The number of nitrogens with one attached hydrogen (secondary N) is 1. The number of fused-ring (bicyclic) bond motifs is 2. The Morgan fingerprint density at radius 3 is 3.00 bits per heavy atom. The van der Waals surface area contributed by atoms with Gasteiger partial charge in [-0.1, -0.05) is 13.0 Å². The number of hydrogen-bond acceptors (Lipinski definition) is 5. The van der Waals surface area contributed by atoms with Gasteiger partial charge in [-0.05, 0) is 30.5 Å². The largest absolute Gasteiger partial charge is 0.383 e. The summed E-state index contributed by atoms with van der Waals surface area (Å²) in [4.78, 5) is 20.8. The van der Waals surface area contributed by atoms with Crippen LogP contribution in [0, 0.1) is 5.92 Å². The minimum atomic E-state index is -0.964. The molecule has 2 bridgehead atoms. The zero-order valence-electron chi connectivity index (χ0n) is 15.6. The Morgan fingerprint density at radius 2 is 2.29 bits per heavy atom. The van der Waals surface area contributed by atoms with Crippen LogP contribution < -0.4 is 0 Å². The van der Waals surface area contributed by atoms with Gasteiger partial charge < -0.3 is 10.0 Å². The third-order valence-electron chi connectivity index (χ3n) is 6.18. The van der Waals surface area contributed by atoms with Crippen molar-refractivity contribution in [1.82, 2.24) is 20.1 Å². The van der Waals surface area contributed by atoms with Crippen LogP contribution in [-0.4, -0.2) is 43.2 Å². The SMILES string of the molecule is CC1CC2CC(O)(c3ccccn3)CC1N2C(=O)c1csc(-c2cn[nH]c2)c1. The van der Waals surface area contributed by atoms with Crippen LogP contribution in [0.2, 0.25) is 0 Å². The number of aliphatic hydroxyl groups is 1. The van der Waals surface area contributed by atoms with Crippen LogP contribution in [0.5, 0.6) is 0 Å². The smallest absolute Gasteiger partial charge is 0.255 e. The minimum Gasteiger partial charge on any atom is -0.383 e. The Morgan fingerprint density at radius 1 is 1.39 bits per heavy atom. The van der Waals surface area contributed by atoms with Crippen molar-refractivity contribution in [3.05, 3.63) is 59.5 Å². The Bertz CT molecular complexity index is 987. The van der Waals surface area contributed by atoms with Gasteiger partial charge in [0, 0.05) is 53.1 Å². The molecule has 1 amide bonds. The van der Waals surface area contributed by atoms with E-state index in [1.54, 1.807) is 23.7 Å². The topological polar surface area (TPSA) is 82.1 Å². The average Bonchev–Trinajstić information content (AvgIpc) is 3.42. The highest BCUT2D eigenvalue weighted by Gasteiger charge is 2.53. The lowest BCUT2D eigenvalue weighted by atomic mass is 9.82. The van der Waals surface area contributed by atoms with E-state index in [-0.39, 0.29) is 18.0 Å². The molecule has 6 nitrogen and oxygen atoms in total. The molecule has 3 aromatic heterocycles. The lowest BCUT2D eigenvalue weighted by Gasteiger charge is -2.44. The molecule has 4 unspecified atom stereocenters. The summed E-state index contributed by atoms with van der Waals surface area (Å²) in [6.45, 7) is 2.18. The van der Waals surface area contributed by atoms with Crippen molar-refractivity contribution in [3.8, 4) is 10.4 Å². The summed E-state index contributed by atoms with van der Waals surface area (Å²) in [6.07, 6.45) is 7.31. The molecule has 28 heavy (non-hydrogen) atoms. The molecule has 2 aliphatic heterocycles. The highest BCUT2D eigenvalue weighted by molar-refractivity contribution is 7.13. The third-order valence-corrected chi connectivity index (χ3v) is 7.16. The van der Waals surface area contributed by atoms with Crippen LogP contribution in [0.25, 0.3) is 10.4 Å². The van der Waals surface area contributed by atoms with E-state index in [1.807, 2.05) is 40.7 Å². The van der Waals surface area contributed by atoms with Gasteiger partial charge in [-0.25, -0.2) is 0 Å². The number of rotatable bonds is 3. The van der Waals surface area contributed by atoms with Crippen molar-refractivity contribution in [2.24, 2.45) is 5.92 Å². The number of amides is 1. The summed E-state index contributed by atoms with van der Waals surface area (Å²) in [5.41, 5.74) is 1.45. The maximum absolute atomic E-state index is 13.3. The molecule has 2 aliphatic rings. The maximum Gasteiger partial charge on any atom is 0.255 e. The Kier molecular flexibility index (Phi) is 4.10. The number of H-pyrrole nitrogens is 1. The highest BCUT2D eigenvalue weighted by atomic mass is 32.1. The molecule has 0 aliphatic carbocycles. The number of carbonyl (C=O) groups is 1. The van der Waals surface area contributed by atoms with Crippen LogP contribution in [0.4, 0.5) is 0 Å². The first-order valence-electron chi connectivity index (χ1n) is 9.59. The van der Waals surface area contributed by atoms with Crippen molar-refractivity contribution < 1.29 is 9.90 Å². The van der Waals surface area contributed by atoms with Crippen LogP contribution in [0.1, 0.15) is 42.2 Å². The number of piperidine rings is 1. The van der Waals surface area contributed by atoms with Gasteiger partial charge in [0.25, 0.3) is 5.91 Å². The fraction of sp³-hybridized carbons (Fsp3) is 0.381. The zero-order valence-corrected chi connectivity index (χ0v) is 16.4. The Balaban J connectivity index is 1.42. The van der Waals surface area contributed by atoms with Gasteiger partial charge >= 0.3 is 0 Å². The first kappa shape index (κ1) is 17.6. The van der Waals surface area contributed by atoms with E-state index in [2.05, 4.69) is 22.1 Å². The van der Waals surface area contributed by atoms with Gasteiger partial charge in [-0.15, -0.1) is 11.3 Å². The molecule has 4 atom stereocenters. The molecule has 5 heterocycles. The van der Waals surface area contributed by atoms with Crippen LogP contribution >= 0.6 is 11.3 Å². The van der Waals surface area contributed by atoms with Crippen LogP contribution in [0.15, 0.2) is 48.2 Å².